The number of carbonyl (C=O) groups is 2. The molecule has 2 rings (SSSR count). The molecule has 0 aromatic heterocycles. The van der Waals surface area contributed by atoms with Crippen molar-refractivity contribution in [3.05, 3.63) is 32.6 Å². The standard InChI is InChI=1S/C15H14Cl2N2O3S/c1-3-4-22-13-10(16)5-9(6-11(13)17)7-12-14(21)19-15(23-12)18-8(2)20/h5-7H,3-4H2,1-2H3,(H,18,19,20,21)/b12-7+. The van der Waals surface area contributed by atoms with E-state index in [9.17, 15) is 9.59 Å². The van der Waals surface area contributed by atoms with E-state index in [0.29, 0.717) is 32.9 Å². The topological polar surface area (TPSA) is 67.8 Å². The molecule has 0 saturated carbocycles. The summed E-state index contributed by atoms with van der Waals surface area (Å²) in [7, 11) is 0. The molecule has 1 aromatic rings. The lowest BCUT2D eigenvalue weighted by Crippen LogP contribution is -2.23. The largest absolute Gasteiger partial charge is 0.490 e. The number of amidine groups is 1. The van der Waals surface area contributed by atoms with E-state index >= 15 is 0 Å². The van der Waals surface area contributed by atoms with Gasteiger partial charge in [0.2, 0.25) is 5.91 Å². The molecule has 0 aliphatic carbocycles. The summed E-state index contributed by atoms with van der Waals surface area (Å²) in [5.41, 5.74) is 0.652. The number of aliphatic imine (C=N–C) groups is 1. The molecule has 0 saturated heterocycles. The number of hydrogen-bond donors (Lipinski definition) is 1. The van der Waals surface area contributed by atoms with E-state index in [1.54, 1.807) is 18.2 Å². The Kier molecular flexibility index (Phi) is 6.10. The second-order valence-corrected chi connectivity index (χ2v) is 6.52. The fourth-order valence-electron chi connectivity index (χ4n) is 1.77. The number of hydrogen-bond acceptors (Lipinski definition) is 4. The molecule has 1 aliphatic rings. The average molecular weight is 373 g/mol. The van der Waals surface area contributed by atoms with Crippen LogP contribution in [0.4, 0.5) is 0 Å². The normalized spacial score (nSPS) is 15.7. The van der Waals surface area contributed by atoms with Crippen LogP contribution >= 0.6 is 35.0 Å². The third-order valence-electron chi connectivity index (χ3n) is 2.67. The molecule has 122 valence electrons. The minimum Gasteiger partial charge on any atom is -0.490 e. The molecule has 0 bridgehead atoms. The molecular weight excluding hydrogens is 359 g/mol. The molecule has 0 unspecified atom stereocenters. The van der Waals surface area contributed by atoms with Crippen molar-refractivity contribution < 1.29 is 14.3 Å². The van der Waals surface area contributed by atoms with Gasteiger partial charge in [-0.3, -0.25) is 9.59 Å². The fraction of sp³-hybridized carbons (Fsp3) is 0.267. The summed E-state index contributed by atoms with van der Waals surface area (Å²) in [5.74, 6) is -0.274. The Bertz CT molecular complexity index is 694. The SMILES string of the molecule is CCCOc1c(Cl)cc(/C=C2/SC(NC(C)=O)=NC2=O)cc1Cl. The van der Waals surface area contributed by atoms with Crippen molar-refractivity contribution in [1.82, 2.24) is 5.32 Å². The molecule has 1 heterocycles. The van der Waals surface area contributed by atoms with Crippen molar-refractivity contribution >= 4 is 58.0 Å². The Morgan fingerprint density at radius 3 is 2.61 bits per heavy atom. The lowest BCUT2D eigenvalue weighted by atomic mass is 10.2. The maximum absolute atomic E-state index is 11.8. The van der Waals surface area contributed by atoms with Crippen molar-refractivity contribution in [1.29, 1.82) is 0 Å². The number of nitrogens with one attached hydrogen (secondary N) is 1. The smallest absolute Gasteiger partial charge is 0.286 e. The highest BCUT2D eigenvalue weighted by atomic mass is 35.5. The highest BCUT2D eigenvalue weighted by Crippen LogP contribution is 2.36. The fourth-order valence-corrected chi connectivity index (χ4v) is 3.24. The first-order valence-electron chi connectivity index (χ1n) is 6.82. The Morgan fingerprint density at radius 1 is 1.39 bits per heavy atom. The number of amides is 2. The van der Waals surface area contributed by atoms with Crippen LogP contribution in [0.5, 0.6) is 5.75 Å². The predicted octanol–water partition coefficient (Wildman–Crippen LogP) is 3.89. The molecule has 1 aromatic carbocycles. The molecule has 2 amide bonds. The van der Waals surface area contributed by atoms with E-state index in [-0.39, 0.29) is 11.1 Å². The Balaban J connectivity index is 2.21. The number of carbonyl (C=O) groups excluding carboxylic acids is 2. The quantitative estimate of drug-likeness (QED) is 0.814. The van der Waals surface area contributed by atoms with Crippen molar-refractivity contribution in [3.8, 4) is 5.75 Å². The third kappa shape index (κ3) is 4.73. The van der Waals surface area contributed by atoms with Gasteiger partial charge in [-0.2, -0.15) is 4.99 Å². The zero-order valence-corrected chi connectivity index (χ0v) is 14.8. The van der Waals surface area contributed by atoms with Gasteiger partial charge in [0, 0.05) is 6.92 Å². The van der Waals surface area contributed by atoms with E-state index in [1.165, 1.54) is 6.92 Å². The number of thioether (sulfide) groups is 1. The Morgan fingerprint density at radius 2 is 2.04 bits per heavy atom. The molecule has 0 fully saturated rings. The van der Waals surface area contributed by atoms with Gasteiger partial charge in [-0.25, -0.2) is 0 Å². The number of halogens is 2. The van der Waals surface area contributed by atoms with Gasteiger partial charge in [0.15, 0.2) is 10.9 Å². The highest BCUT2D eigenvalue weighted by Gasteiger charge is 2.22. The number of rotatable bonds is 4. The van der Waals surface area contributed by atoms with Crippen LogP contribution in [-0.2, 0) is 9.59 Å². The molecule has 23 heavy (non-hydrogen) atoms. The lowest BCUT2D eigenvalue weighted by molar-refractivity contribution is -0.117. The average Bonchev–Trinajstić information content (AvgIpc) is 2.77. The molecular formula is C15H14Cl2N2O3S. The van der Waals surface area contributed by atoms with E-state index in [2.05, 4.69) is 10.3 Å². The predicted molar refractivity (Wildman–Crippen MR) is 94.1 cm³/mol. The molecule has 8 heteroatoms. The zero-order chi connectivity index (χ0) is 17.0. The molecule has 5 nitrogen and oxygen atoms in total. The number of benzene rings is 1. The van der Waals surface area contributed by atoms with Gasteiger partial charge in [0.05, 0.1) is 21.6 Å². The monoisotopic (exact) mass is 372 g/mol. The summed E-state index contributed by atoms with van der Waals surface area (Å²) >= 11 is 13.4. The Hall–Kier alpha value is -1.50. The summed E-state index contributed by atoms with van der Waals surface area (Å²) in [6, 6.07) is 3.32. The van der Waals surface area contributed by atoms with Gasteiger partial charge in [-0.15, -0.1) is 0 Å². The molecule has 0 spiro atoms. The van der Waals surface area contributed by atoms with Crippen LogP contribution in [0.2, 0.25) is 10.0 Å². The minimum atomic E-state index is -0.419. The first-order valence-corrected chi connectivity index (χ1v) is 8.40. The van der Waals surface area contributed by atoms with Gasteiger partial charge in [-0.1, -0.05) is 30.1 Å². The van der Waals surface area contributed by atoms with E-state index < -0.39 is 5.91 Å². The first kappa shape index (κ1) is 17.8. The van der Waals surface area contributed by atoms with Crippen molar-refractivity contribution in [2.24, 2.45) is 4.99 Å². The van der Waals surface area contributed by atoms with Crippen molar-refractivity contribution in [3.63, 3.8) is 0 Å². The lowest BCUT2D eigenvalue weighted by Gasteiger charge is -2.10. The third-order valence-corrected chi connectivity index (χ3v) is 4.13. The molecule has 1 aliphatic heterocycles. The second-order valence-electron chi connectivity index (χ2n) is 4.68. The zero-order valence-electron chi connectivity index (χ0n) is 12.5. The Labute approximate surface area is 148 Å². The van der Waals surface area contributed by atoms with E-state index in [0.717, 1.165) is 18.2 Å². The van der Waals surface area contributed by atoms with Gasteiger partial charge in [-0.05, 0) is 42.0 Å². The highest BCUT2D eigenvalue weighted by molar-refractivity contribution is 8.18. The van der Waals surface area contributed by atoms with Crippen LogP contribution in [0.1, 0.15) is 25.8 Å². The maximum Gasteiger partial charge on any atom is 0.286 e. The summed E-state index contributed by atoms with van der Waals surface area (Å²) in [4.78, 5) is 27.0. The summed E-state index contributed by atoms with van der Waals surface area (Å²) in [6.45, 7) is 3.85. The molecule has 1 N–H and O–H groups in total. The van der Waals surface area contributed by atoms with Crippen LogP contribution in [0.15, 0.2) is 22.0 Å². The first-order chi connectivity index (χ1) is 10.9. The van der Waals surface area contributed by atoms with Gasteiger partial charge in [0.25, 0.3) is 5.91 Å². The van der Waals surface area contributed by atoms with Gasteiger partial charge in [0.1, 0.15) is 0 Å². The summed E-state index contributed by atoms with van der Waals surface area (Å²) < 4.78 is 5.50. The van der Waals surface area contributed by atoms with Crippen LogP contribution in [0.25, 0.3) is 6.08 Å². The molecule has 0 atom stereocenters. The van der Waals surface area contributed by atoms with E-state index in [1.807, 2.05) is 6.92 Å². The van der Waals surface area contributed by atoms with Crippen LogP contribution in [-0.4, -0.2) is 23.6 Å². The van der Waals surface area contributed by atoms with Crippen molar-refractivity contribution in [2.45, 2.75) is 20.3 Å². The second kappa shape index (κ2) is 7.86. The number of nitrogens with zero attached hydrogens (tertiary/aromatic N) is 1. The number of ether oxygens (including phenoxy) is 1. The van der Waals surface area contributed by atoms with E-state index in [4.69, 9.17) is 27.9 Å². The van der Waals surface area contributed by atoms with Crippen LogP contribution in [0, 0.1) is 0 Å². The minimum absolute atomic E-state index is 0.258. The van der Waals surface area contributed by atoms with Crippen LogP contribution in [0.3, 0.4) is 0 Å². The van der Waals surface area contributed by atoms with Crippen LogP contribution < -0.4 is 10.1 Å². The summed E-state index contributed by atoms with van der Waals surface area (Å²) in [6.07, 6.45) is 2.46. The molecule has 0 radical (unpaired) electrons. The van der Waals surface area contributed by atoms with Gasteiger partial charge >= 0.3 is 0 Å². The maximum atomic E-state index is 11.8. The van der Waals surface area contributed by atoms with Crippen molar-refractivity contribution in [2.75, 3.05) is 6.61 Å². The van der Waals surface area contributed by atoms with Gasteiger partial charge < -0.3 is 10.1 Å². The summed E-state index contributed by atoms with van der Waals surface area (Å²) in [5, 5.41) is 3.48.